The Balaban J connectivity index is 2.14. The highest BCUT2D eigenvalue weighted by atomic mass is 35.5. The molecule has 1 aromatic carbocycles. The van der Waals surface area contributed by atoms with Gasteiger partial charge in [-0.25, -0.2) is 0 Å². The third-order valence-electron chi connectivity index (χ3n) is 3.72. The van der Waals surface area contributed by atoms with Crippen molar-refractivity contribution in [1.82, 2.24) is 9.88 Å². The lowest BCUT2D eigenvalue weighted by Crippen LogP contribution is -2.31. The van der Waals surface area contributed by atoms with Crippen LogP contribution in [-0.4, -0.2) is 21.0 Å². The fourth-order valence-corrected chi connectivity index (χ4v) is 2.44. The number of pyridine rings is 1. The number of benzene rings is 1. The van der Waals surface area contributed by atoms with E-state index in [1.807, 2.05) is 24.4 Å². The van der Waals surface area contributed by atoms with Crippen molar-refractivity contribution in [2.75, 3.05) is 0 Å². The maximum absolute atomic E-state index is 9.51. The lowest BCUT2D eigenvalue weighted by atomic mass is 10.1. The van der Waals surface area contributed by atoms with E-state index in [1.54, 1.807) is 12.3 Å². The average Bonchev–Trinajstić information content (AvgIpc) is 2.50. The van der Waals surface area contributed by atoms with E-state index in [0.717, 1.165) is 25.1 Å². The third-order valence-corrected chi connectivity index (χ3v) is 4.02. The lowest BCUT2D eigenvalue weighted by molar-refractivity contribution is 0.186. The molecule has 2 rings (SSSR count). The summed E-state index contributed by atoms with van der Waals surface area (Å²) in [6.07, 6.45) is 4.77. The van der Waals surface area contributed by atoms with E-state index in [9.17, 15) is 5.11 Å². The molecule has 0 unspecified atom stereocenters. The van der Waals surface area contributed by atoms with Crippen LogP contribution >= 0.6 is 11.6 Å². The predicted molar refractivity (Wildman–Crippen MR) is 86.4 cm³/mol. The summed E-state index contributed by atoms with van der Waals surface area (Å²) in [5, 5.41) is 9.92. The topological polar surface area (TPSA) is 36.4 Å². The number of hydrogen-bond acceptors (Lipinski definition) is 3. The van der Waals surface area contributed by atoms with E-state index in [1.165, 1.54) is 5.56 Å². The number of aromatic hydroxyl groups is 1. The normalized spacial score (nSPS) is 12.6. The Morgan fingerprint density at radius 2 is 2.00 bits per heavy atom. The quantitative estimate of drug-likeness (QED) is 0.867. The van der Waals surface area contributed by atoms with Gasteiger partial charge in [0.25, 0.3) is 0 Å². The Labute approximate surface area is 131 Å². The van der Waals surface area contributed by atoms with Gasteiger partial charge in [-0.1, -0.05) is 30.7 Å². The van der Waals surface area contributed by atoms with Crippen molar-refractivity contribution in [3.8, 4) is 5.75 Å². The zero-order valence-corrected chi connectivity index (χ0v) is 13.2. The van der Waals surface area contributed by atoms with Gasteiger partial charge in [-0.2, -0.15) is 0 Å². The van der Waals surface area contributed by atoms with Gasteiger partial charge < -0.3 is 5.11 Å². The fraction of sp³-hybridized carbons (Fsp3) is 0.353. The largest absolute Gasteiger partial charge is 0.506 e. The van der Waals surface area contributed by atoms with Gasteiger partial charge in [-0.3, -0.25) is 9.88 Å². The molecule has 1 N–H and O–H groups in total. The first kappa shape index (κ1) is 15.8. The summed E-state index contributed by atoms with van der Waals surface area (Å²) in [5.74, 6) is 0.128. The molecule has 0 aliphatic carbocycles. The maximum Gasteiger partial charge on any atom is 0.134 e. The van der Waals surface area contributed by atoms with E-state index in [0.29, 0.717) is 11.1 Å². The highest BCUT2D eigenvalue weighted by molar-refractivity contribution is 6.32. The van der Waals surface area contributed by atoms with Gasteiger partial charge in [-0.15, -0.1) is 0 Å². The zero-order chi connectivity index (χ0) is 15.2. The first-order chi connectivity index (χ1) is 10.1. The Kier molecular flexibility index (Phi) is 5.59. The van der Waals surface area contributed by atoms with E-state index in [4.69, 9.17) is 11.6 Å². The molecule has 0 aliphatic rings. The molecule has 1 aromatic heterocycles. The molecular weight excluding hydrogens is 284 g/mol. The van der Waals surface area contributed by atoms with Crippen molar-refractivity contribution in [3.05, 3.63) is 58.9 Å². The molecule has 21 heavy (non-hydrogen) atoms. The Bertz CT molecular complexity index is 574. The van der Waals surface area contributed by atoms with E-state index in [-0.39, 0.29) is 5.75 Å². The molecule has 0 saturated heterocycles. The Hall–Kier alpha value is -1.58. The number of aromatic nitrogens is 1. The monoisotopic (exact) mass is 304 g/mol. The van der Waals surface area contributed by atoms with Crippen LogP contribution in [0.15, 0.2) is 42.7 Å². The summed E-state index contributed by atoms with van der Waals surface area (Å²) in [7, 11) is 0. The molecule has 0 aliphatic heterocycles. The minimum atomic E-state index is 0.128. The van der Waals surface area contributed by atoms with Gasteiger partial charge in [0.15, 0.2) is 0 Å². The van der Waals surface area contributed by atoms with E-state index >= 15 is 0 Å². The van der Waals surface area contributed by atoms with Crippen LogP contribution in [0.5, 0.6) is 5.75 Å². The Morgan fingerprint density at radius 3 is 2.62 bits per heavy atom. The molecule has 0 fully saturated rings. The second kappa shape index (κ2) is 7.43. The second-order valence-electron chi connectivity index (χ2n) is 5.31. The summed E-state index contributed by atoms with van der Waals surface area (Å²) in [6.45, 7) is 6.05. The Morgan fingerprint density at radius 1 is 1.24 bits per heavy atom. The molecule has 4 heteroatoms. The van der Waals surface area contributed by atoms with Crippen LogP contribution in [0.1, 0.15) is 31.4 Å². The molecule has 2 aromatic rings. The van der Waals surface area contributed by atoms with Crippen LogP contribution in [0.2, 0.25) is 5.02 Å². The van der Waals surface area contributed by atoms with Crippen molar-refractivity contribution < 1.29 is 5.11 Å². The number of hydrogen-bond donors (Lipinski definition) is 1. The summed E-state index contributed by atoms with van der Waals surface area (Å²) < 4.78 is 0. The van der Waals surface area contributed by atoms with Gasteiger partial charge in [0.1, 0.15) is 5.75 Å². The number of nitrogens with zero attached hydrogens (tertiary/aromatic N) is 2. The lowest BCUT2D eigenvalue weighted by Gasteiger charge is -2.28. The molecule has 0 spiro atoms. The van der Waals surface area contributed by atoms with Gasteiger partial charge in [0, 0.05) is 31.5 Å². The smallest absolute Gasteiger partial charge is 0.134 e. The zero-order valence-electron chi connectivity index (χ0n) is 12.5. The van der Waals surface area contributed by atoms with Crippen LogP contribution in [0.25, 0.3) is 0 Å². The van der Waals surface area contributed by atoms with Crippen molar-refractivity contribution in [2.45, 2.75) is 39.4 Å². The summed E-state index contributed by atoms with van der Waals surface area (Å²) in [4.78, 5) is 6.56. The summed E-state index contributed by atoms with van der Waals surface area (Å²) in [5.41, 5.74) is 2.30. The highest BCUT2D eigenvalue weighted by Gasteiger charge is 2.14. The van der Waals surface area contributed by atoms with Gasteiger partial charge in [0.05, 0.1) is 5.02 Å². The molecule has 1 atom stereocenters. The molecular formula is C17H21ClN2O. The second-order valence-corrected chi connectivity index (χ2v) is 5.72. The summed E-state index contributed by atoms with van der Waals surface area (Å²) >= 11 is 5.99. The highest BCUT2D eigenvalue weighted by Crippen LogP contribution is 2.25. The van der Waals surface area contributed by atoms with Crippen molar-refractivity contribution in [3.63, 3.8) is 0 Å². The van der Waals surface area contributed by atoms with Crippen LogP contribution in [0.4, 0.5) is 0 Å². The molecule has 0 radical (unpaired) electrons. The molecule has 112 valence electrons. The molecule has 0 amide bonds. The van der Waals surface area contributed by atoms with Crippen LogP contribution < -0.4 is 0 Å². The van der Waals surface area contributed by atoms with E-state index in [2.05, 4.69) is 29.8 Å². The third kappa shape index (κ3) is 4.45. The predicted octanol–water partition coefficient (Wildman–Crippen LogP) is 4.24. The van der Waals surface area contributed by atoms with Crippen LogP contribution in [0, 0.1) is 0 Å². The number of rotatable bonds is 6. The van der Waals surface area contributed by atoms with Gasteiger partial charge >= 0.3 is 0 Å². The van der Waals surface area contributed by atoms with Crippen molar-refractivity contribution in [2.24, 2.45) is 0 Å². The molecule has 0 bridgehead atoms. The standard InChI is InChI=1S/C17H21ClN2O/c1-3-13(2)20(12-15-5-4-8-19-10-15)11-14-6-7-17(21)16(18)9-14/h4-10,13,21H,3,11-12H2,1-2H3/t13-/m0/s1. The fourth-order valence-electron chi connectivity index (χ4n) is 2.24. The van der Waals surface area contributed by atoms with Crippen LogP contribution in [-0.2, 0) is 13.1 Å². The molecule has 0 saturated carbocycles. The van der Waals surface area contributed by atoms with Crippen molar-refractivity contribution >= 4 is 11.6 Å². The maximum atomic E-state index is 9.51. The first-order valence-corrected chi connectivity index (χ1v) is 7.58. The average molecular weight is 305 g/mol. The minimum absolute atomic E-state index is 0.128. The first-order valence-electron chi connectivity index (χ1n) is 7.20. The number of phenolic OH excluding ortho intramolecular Hbond substituents is 1. The molecule has 3 nitrogen and oxygen atoms in total. The number of phenols is 1. The van der Waals surface area contributed by atoms with E-state index < -0.39 is 0 Å². The minimum Gasteiger partial charge on any atom is -0.506 e. The summed E-state index contributed by atoms with van der Waals surface area (Å²) in [6, 6.07) is 9.90. The SMILES string of the molecule is CC[C@H](C)N(Cc1cccnc1)Cc1ccc(O)c(Cl)c1. The number of halogens is 1. The van der Waals surface area contributed by atoms with Crippen molar-refractivity contribution in [1.29, 1.82) is 0 Å². The van der Waals surface area contributed by atoms with Gasteiger partial charge in [0.2, 0.25) is 0 Å². The molecule has 1 heterocycles. The van der Waals surface area contributed by atoms with Gasteiger partial charge in [-0.05, 0) is 42.7 Å². The van der Waals surface area contributed by atoms with Crippen LogP contribution in [0.3, 0.4) is 0 Å².